The first-order valence-corrected chi connectivity index (χ1v) is 8.17. The SMILES string of the molecule is CC.O=C1CCN(Cc2ccccc2)CC1c1ccccc1. The van der Waals surface area contributed by atoms with E-state index in [0.29, 0.717) is 12.2 Å². The number of benzene rings is 2. The third kappa shape index (κ3) is 4.28. The second-order valence-electron chi connectivity index (χ2n) is 5.40. The van der Waals surface area contributed by atoms with Gasteiger partial charge < -0.3 is 0 Å². The summed E-state index contributed by atoms with van der Waals surface area (Å²) < 4.78 is 0. The Morgan fingerprint density at radius 2 is 1.55 bits per heavy atom. The molecule has 0 amide bonds. The molecule has 116 valence electrons. The minimum absolute atomic E-state index is 0.0358. The highest BCUT2D eigenvalue weighted by atomic mass is 16.1. The molecule has 0 saturated carbocycles. The van der Waals surface area contributed by atoms with E-state index in [9.17, 15) is 4.79 Å². The van der Waals surface area contributed by atoms with E-state index in [1.165, 1.54) is 5.56 Å². The van der Waals surface area contributed by atoms with Gasteiger partial charge in [-0.05, 0) is 11.1 Å². The standard InChI is InChI=1S/C18H19NO.C2H6/c20-18-11-12-19(13-15-7-3-1-4-8-15)14-17(18)16-9-5-2-6-10-16;1-2/h1-10,17H,11-14H2;1-2H3. The average Bonchev–Trinajstić information content (AvgIpc) is 2.60. The topological polar surface area (TPSA) is 20.3 Å². The van der Waals surface area contributed by atoms with Gasteiger partial charge in [-0.15, -0.1) is 0 Å². The molecule has 0 aliphatic carbocycles. The molecule has 0 bridgehead atoms. The smallest absolute Gasteiger partial charge is 0.142 e. The molecule has 2 heteroatoms. The Balaban J connectivity index is 0.000000847. The number of rotatable bonds is 3. The molecule has 3 rings (SSSR count). The maximum absolute atomic E-state index is 12.2. The van der Waals surface area contributed by atoms with Crippen molar-refractivity contribution in [2.45, 2.75) is 32.7 Å². The van der Waals surface area contributed by atoms with Gasteiger partial charge in [-0.2, -0.15) is 0 Å². The highest BCUT2D eigenvalue weighted by Crippen LogP contribution is 2.24. The van der Waals surface area contributed by atoms with Crippen LogP contribution in [0.3, 0.4) is 0 Å². The molecule has 1 fully saturated rings. The maximum Gasteiger partial charge on any atom is 0.142 e. The minimum atomic E-state index is 0.0358. The summed E-state index contributed by atoms with van der Waals surface area (Å²) >= 11 is 0. The minimum Gasteiger partial charge on any atom is -0.299 e. The Morgan fingerprint density at radius 1 is 0.955 bits per heavy atom. The van der Waals surface area contributed by atoms with Gasteiger partial charge in [0.1, 0.15) is 5.78 Å². The van der Waals surface area contributed by atoms with Gasteiger partial charge in [0.05, 0.1) is 5.92 Å². The third-order valence-electron chi connectivity index (χ3n) is 3.95. The third-order valence-corrected chi connectivity index (χ3v) is 3.95. The largest absolute Gasteiger partial charge is 0.299 e. The van der Waals surface area contributed by atoms with E-state index >= 15 is 0 Å². The second kappa shape index (κ2) is 8.50. The van der Waals surface area contributed by atoms with E-state index in [1.54, 1.807) is 0 Å². The number of carbonyl (C=O) groups is 1. The summed E-state index contributed by atoms with van der Waals surface area (Å²) in [6.07, 6.45) is 0.659. The van der Waals surface area contributed by atoms with Crippen LogP contribution in [0, 0.1) is 0 Å². The molecule has 0 aromatic heterocycles. The fraction of sp³-hybridized carbons (Fsp3) is 0.350. The van der Waals surface area contributed by atoms with Crippen molar-refractivity contribution in [1.82, 2.24) is 4.90 Å². The Morgan fingerprint density at radius 3 is 2.18 bits per heavy atom. The number of likely N-dealkylation sites (tertiary alicyclic amines) is 1. The zero-order chi connectivity index (χ0) is 15.8. The van der Waals surface area contributed by atoms with Crippen molar-refractivity contribution in [3.8, 4) is 0 Å². The molecule has 1 unspecified atom stereocenters. The first kappa shape index (κ1) is 16.4. The molecule has 1 saturated heterocycles. The normalized spacial score (nSPS) is 18.5. The van der Waals surface area contributed by atoms with E-state index in [1.807, 2.05) is 38.1 Å². The van der Waals surface area contributed by atoms with Crippen LogP contribution in [0.5, 0.6) is 0 Å². The molecular weight excluding hydrogens is 270 g/mol. The molecule has 0 N–H and O–H groups in total. The van der Waals surface area contributed by atoms with E-state index in [4.69, 9.17) is 0 Å². The summed E-state index contributed by atoms with van der Waals surface area (Å²) in [6, 6.07) is 20.6. The van der Waals surface area contributed by atoms with Gasteiger partial charge in [-0.3, -0.25) is 9.69 Å². The molecule has 1 heterocycles. The quantitative estimate of drug-likeness (QED) is 0.842. The number of hydrogen-bond donors (Lipinski definition) is 0. The van der Waals surface area contributed by atoms with Gasteiger partial charge in [0.15, 0.2) is 0 Å². The van der Waals surface area contributed by atoms with Gasteiger partial charge in [-0.1, -0.05) is 74.5 Å². The lowest BCUT2D eigenvalue weighted by Crippen LogP contribution is -2.39. The van der Waals surface area contributed by atoms with Crippen LogP contribution in [0.1, 0.15) is 37.3 Å². The molecular formula is C20H25NO. The zero-order valence-corrected chi connectivity index (χ0v) is 13.5. The Kier molecular flexibility index (Phi) is 6.35. The second-order valence-corrected chi connectivity index (χ2v) is 5.40. The number of Topliss-reactive ketones (excluding diaryl/α,β-unsaturated/α-hetero) is 1. The molecule has 2 aromatic carbocycles. The Bertz CT molecular complexity index is 565. The van der Waals surface area contributed by atoms with Crippen molar-refractivity contribution in [3.63, 3.8) is 0 Å². The summed E-state index contributed by atoms with van der Waals surface area (Å²) in [7, 11) is 0. The van der Waals surface area contributed by atoms with Crippen LogP contribution in [0.2, 0.25) is 0 Å². The molecule has 1 atom stereocenters. The number of piperidine rings is 1. The number of ketones is 1. The van der Waals surface area contributed by atoms with E-state index < -0.39 is 0 Å². The summed E-state index contributed by atoms with van der Waals surface area (Å²) in [5.41, 5.74) is 2.46. The zero-order valence-electron chi connectivity index (χ0n) is 13.5. The number of hydrogen-bond acceptors (Lipinski definition) is 2. The first-order chi connectivity index (χ1) is 10.8. The van der Waals surface area contributed by atoms with E-state index in [0.717, 1.165) is 25.2 Å². The first-order valence-electron chi connectivity index (χ1n) is 8.17. The molecule has 2 nitrogen and oxygen atoms in total. The van der Waals surface area contributed by atoms with Crippen LogP contribution in [0.25, 0.3) is 0 Å². The lowest BCUT2D eigenvalue weighted by Gasteiger charge is -2.32. The van der Waals surface area contributed by atoms with Crippen molar-refractivity contribution in [2.75, 3.05) is 13.1 Å². The lowest BCUT2D eigenvalue weighted by atomic mass is 9.89. The highest BCUT2D eigenvalue weighted by molar-refractivity contribution is 5.86. The Hall–Kier alpha value is -1.93. The van der Waals surface area contributed by atoms with Crippen LogP contribution >= 0.6 is 0 Å². The van der Waals surface area contributed by atoms with Gasteiger partial charge in [-0.25, -0.2) is 0 Å². The average molecular weight is 295 g/mol. The Labute approximate surface area is 133 Å². The lowest BCUT2D eigenvalue weighted by molar-refractivity contribution is -0.123. The molecule has 22 heavy (non-hydrogen) atoms. The van der Waals surface area contributed by atoms with Crippen molar-refractivity contribution < 1.29 is 4.79 Å². The fourth-order valence-electron chi connectivity index (χ4n) is 2.86. The van der Waals surface area contributed by atoms with Gasteiger partial charge in [0.2, 0.25) is 0 Å². The number of carbonyl (C=O) groups excluding carboxylic acids is 1. The summed E-state index contributed by atoms with van der Waals surface area (Å²) in [5, 5.41) is 0. The van der Waals surface area contributed by atoms with Crippen LogP contribution in [-0.4, -0.2) is 23.8 Å². The predicted molar refractivity (Wildman–Crippen MR) is 91.9 cm³/mol. The summed E-state index contributed by atoms with van der Waals surface area (Å²) in [4.78, 5) is 14.5. The highest BCUT2D eigenvalue weighted by Gasteiger charge is 2.28. The van der Waals surface area contributed by atoms with Crippen molar-refractivity contribution in [2.24, 2.45) is 0 Å². The molecule has 1 aliphatic heterocycles. The van der Waals surface area contributed by atoms with Gasteiger partial charge in [0.25, 0.3) is 0 Å². The maximum atomic E-state index is 12.2. The van der Waals surface area contributed by atoms with Crippen molar-refractivity contribution >= 4 is 5.78 Å². The molecule has 0 spiro atoms. The fourth-order valence-corrected chi connectivity index (χ4v) is 2.86. The monoisotopic (exact) mass is 295 g/mol. The van der Waals surface area contributed by atoms with Crippen LogP contribution in [-0.2, 0) is 11.3 Å². The molecule has 2 aromatic rings. The molecule has 0 radical (unpaired) electrons. The predicted octanol–water partition coefficient (Wildman–Crippen LogP) is 4.27. The number of nitrogens with zero attached hydrogens (tertiary/aromatic N) is 1. The van der Waals surface area contributed by atoms with Crippen LogP contribution in [0.4, 0.5) is 0 Å². The summed E-state index contributed by atoms with van der Waals surface area (Å²) in [5.74, 6) is 0.411. The molecule has 1 aliphatic rings. The van der Waals surface area contributed by atoms with Crippen molar-refractivity contribution in [1.29, 1.82) is 0 Å². The van der Waals surface area contributed by atoms with E-state index in [2.05, 4.69) is 41.3 Å². The van der Waals surface area contributed by atoms with Gasteiger partial charge in [0, 0.05) is 26.1 Å². The van der Waals surface area contributed by atoms with Gasteiger partial charge >= 0.3 is 0 Å². The van der Waals surface area contributed by atoms with Crippen molar-refractivity contribution in [3.05, 3.63) is 71.8 Å². The van der Waals surface area contributed by atoms with Crippen LogP contribution < -0.4 is 0 Å². The summed E-state index contributed by atoms with van der Waals surface area (Å²) in [6.45, 7) is 6.63. The van der Waals surface area contributed by atoms with E-state index in [-0.39, 0.29) is 5.92 Å². The van der Waals surface area contributed by atoms with Crippen LogP contribution in [0.15, 0.2) is 60.7 Å².